The summed E-state index contributed by atoms with van der Waals surface area (Å²) in [6.07, 6.45) is 0. The second kappa shape index (κ2) is 12.6. The number of nitrogens with zero attached hydrogens (tertiary/aromatic N) is 3. The fourth-order valence-electron chi connectivity index (χ4n) is 8.34. The quantitative estimate of drug-likeness (QED) is 0.162. The van der Waals surface area contributed by atoms with Crippen molar-refractivity contribution >= 4 is 43.4 Å². The molecule has 0 unspecified atom stereocenters. The molecular weight excluding hydrogens is 667 g/mol. The number of hydrogen-bond acceptors (Lipinski definition) is 2. The Balaban J connectivity index is 1.10. The molecule has 2 aromatic heterocycles. The molecule has 256 valence electrons. The third kappa shape index (κ3) is 5.20. The molecule has 0 saturated carbocycles. The van der Waals surface area contributed by atoms with Gasteiger partial charge in [0.2, 0.25) is 0 Å². The molecule has 55 heavy (non-hydrogen) atoms. The van der Waals surface area contributed by atoms with Crippen LogP contribution in [0.3, 0.4) is 0 Å². The Labute approximate surface area is 318 Å². The molecule has 0 aliphatic carbocycles. The van der Waals surface area contributed by atoms with Crippen molar-refractivity contribution in [3.63, 3.8) is 0 Å². The van der Waals surface area contributed by atoms with E-state index in [2.05, 4.69) is 205 Å². The van der Waals surface area contributed by atoms with Gasteiger partial charge in [-0.05, 0) is 68.7 Å². The van der Waals surface area contributed by atoms with E-state index in [1.54, 1.807) is 0 Å². The van der Waals surface area contributed by atoms with Crippen LogP contribution < -0.4 is 0 Å². The normalized spacial score (nSPS) is 11.6. The fraction of sp³-hybridized carbons (Fsp3) is 0. The van der Waals surface area contributed by atoms with Gasteiger partial charge in [-0.25, -0.2) is 9.97 Å². The highest BCUT2D eigenvalue weighted by molar-refractivity contribution is 6.24. The summed E-state index contributed by atoms with van der Waals surface area (Å²) < 4.78 is 2.43. The summed E-state index contributed by atoms with van der Waals surface area (Å²) in [6.45, 7) is 0. The molecule has 0 aliphatic heterocycles. The predicted octanol–water partition coefficient (Wildman–Crippen LogP) is 13.7. The fourth-order valence-corrected chi connectivity index (χ4v) is 8.34. The average molecular weight is 700 g/mol. The highest BCUT2D eigenvalue weighted by Gasteiger charge is 2.20. The molecule has 0 atom stereocenters. The van der Waals surface area contributed by atoms with Crippen molar-refractivity contribution in [3.8, 4) is 61.8 Å². The van der Waals surface area contributed by atoms with Crippen LogP contribution in [0.5, 0.6) is 0 Å². The van der Waals surface area contributed by atoms with Gasteiger partial charge >= 0.3 is 0 Å². The lowest BCUT2D eigenvalue weighted by atomic mass is 9.99. The van der Waals surface area contributed by atoms with E-state index >= 15 is 0 Å². The standard InChI is InChI=1S/C52H33N3/c1-3-11-34(12-4-1)36-21-25-38(26-22-36)45-33-46(39-27-23-37(24-28-39)35-13-5-2-6-14-35)54-52(53-45)44-31-32-47(43-18-8-7-17-42(43)44)55-48-19-9-15-40-29-30-41-16-10-20-49(55)51(41)50(40)48/h1-33H. The van der Waals surface area contributed by atoms with E-state index in [0.717, 1.165) is 44.5 Å². The molecule has 11 aromatic rings. The number of aromatic nitrogens is 3. The van der Waals surface area contributed by atoms with Crippen molar-refractivity contribution < 1.29 is 0 Å². The van der Waals surface area contributed by atoms with Crippen LogP contribution >= 0.6 is 0 Å². The van der Waals surface area contributed by atoms with Gasteiger partial charge in [0.25, 0.3) is 0 Å². The average Bonchev–Trinajstić information content (AvgIpc) is 3.61. The van der Waals surface area contributed by atoms with E-state index in [4.69, 9.17) is 9.97 Å². The third-order valence-corrected chi connectivity index (χ3v) is 11.0. The van der Waals surface area contributed by atoms with E-state index in [0.29, 0.717) is 5.82 Å². The van der Waals surface area contributed by atoms with Gasteiger partial charge in [-0.3, -0.25) is 0 Å². The molecule has 0 fully saturated rings. The minimum absolute atomic E-state index is 0.698. The van der Waals surface area contributed by atoms with E-state index in [-0.39, 0.29) is 0 Å². The number of rotatable bonds is 6. The number of benzene rings is 9. The zero-order valence-electron chi connectivity index (χ0n) is 29.9. The maximum atomic E-state index is 5.31. The van der Waals surface area contributed by atoms with Crippen molar-refractivity contribution in [2.24, 2.45) is 0 Å². The topological polar surface area (TPSA) is 30.7 Å². The van der Waals surface area contributed by atoms with Gasteiger partial charge in [0.1, 0.15) is 0 Å². The van der Waals surface area contributed by atoms with Crippen LogP contribution in [0.1, 0.15) is 0 Å². The van der Waals surface area contributed by atoms with Gasteiger partial charge in [0, 0.05) is 32.8 Å². The van der Waals surface area contributed by atoms with Crippen LogP contribution in [-0.4, -0.2) is 14.5 Å². The Morgan fingerprint density at radius 2 is 0.782 bits per heavy atom. The number of hydrogen-bond donors (Lipinski definition) is 0. The first-order valence-corrected chi connectivity index (χ1v) is 18.7. The Morgan fingerprint density at radius 1 is 0.327 bits per heavy atom. The summed E-state index contributed by atoms with van der Waals surface area (Å²) in [6, 6.07) is 71.4. The molecule has 0 saturated heterocycles. The minimum Gasteiger partial charge on any atom is -0.309 e. The summed E-state index contributed by atoms with van der Waals surface area (Å²) in [4.78, 5) is 10.6. The maximum absolute atomic E-state index is 5.31. The van der Waals surface area contributed by atoms with E-state index < -0.39 is 0 Å². The van der Waals surface area contributed by atoms with Crippen LogP contribution in [0.4, 0.5) is 0 Å². The van der Waals surface area contributed by atoms with Crippen LogP contribution in [0.25, 0.3) is 105 Å². The van der Waals surface area contributed by atoms with Crippen molar-refractivity contribution in [3.05, 3.63) is 200 Å². The number of fused-ring (bicyclic) bond motifs is 1. The molecule has 9 aromatic carbocycles. The lowest BCUT2D eigenvalue weighted by Crippen LogP contribution is -1.99. The van der Waals surface area contributed by atoms with E-state index in [1.807, 2.05) is 0 Å². The largest absolute Gasteiger partial charge is 0.309 e. The molecule has 3 heteroatoms. The third-order valence-electron chi connectivity index (χ3n) is 11.0. The molecule has 2 heterocycles. The zero-order chi connectivity index (χ0) is 36.3. The molecule has 0 radical (unpaired) electrons. The molecule has 0 amide bonds. The van der Waals surface area contributed by atoms with Crippen LogP contribution in [0.15, 0.2) is 200 Å². The van der Waals surface area contributed by atoms with Crippen molar-refractivity contribution in [1.82, 2.24) is 14.5 Å². The highest BCUT2D eigenvalue weighted by atomic mass is 15.0. The molecular formula is C52H33N3. The summed E-state index contributed by atoms with van der Waals surface area (Å²) in [7, 11) is 0. The molecule has 0 aliphatic rings. The lowest BCUT2D eigenvalue weighted by Gasteiger charge is -2.15. The monoisotopic (exact) mass is 699 g/mol. The second-order valence-corrected chi connectivity index (χ2v) is 14.2. The smallest absolute Gasteiger partial charge is 0.161 e. The van der Waals surface area contributed by atoms with Gasteiger partial charge in [-0.1, -0.05) is 170 Å². The lowest BCUT2D eigenvalue weighted by molar-refractivity contribution is 1.18. The molecule has 0 N–H and O–H groups in total. The maximum Gasteiger partial charge on any atom is 0.161 e. The summed E-state index contributed by atoms with van der Waals surface area (Å²) in [5.74, 6) is 0.698. The second-order valence-electron chi connectivity index (χ2n) is 14.2. The Bertz CT molecular complexity index is 2990. The predicted molar refractivity (Wildman–Crippen MR) is 230 cm³/mol. The Hall–Kier alpha value is -7.36. The van der Waals surface area contributed by atoms with E-state index in [1.165, 1.54) is 54.8 Å². The van der Waals surface area contributed by atoms with Crippen molar-refractivity contribution in [1.29, 1.82) is 0 Å². The van der Waals surface area contributed by atoms with Crippen molar-refractivity contribution in [2.75, 3.05) is 0 Å². The minimum atomic E-state index is 0.698. The first-order chi connectivity index (χ1) is 27.3. The van der Waals surface area contributed by atoms with E-state index in [9.17, 15) is 0 Å². The van der Waals surface area contributed by atoms with Crippen LogP contribution in [-0.2, 0) is 0 Å². The van der Waals surface area contributed by atoms with Gasteiger partial charge in [0.15, 0.2) is 5.82 Å². The Morgan fingerprint density at radius 3 is 1.31 bits per heavy atom. The molecule has 0 spiro atoms. The van der Waals surface area contributed by atoms with Crippen molar-refractivity contribution in [2.45, 2.75) is 0 Å². The Kier molecular flexibility index (Phi) is 7.17. The highest BCUT2D eigenvalue weighted by Crippen LogP contribution is 2.42. The SMILES string of the molecule is c1ccc(-c2ccc(-c3cc(-c4ccc(-c5ccccc5)cc4)nc(-c4ccc(-n5c6cccc7ccc8cccc5c8c76)c5ccccc45)n3)cc2)cc1. The van der Waals surface area contributed by atoms with Gasteiger partial charge in [0.05, 0.1) is 28.1 Å². The zero-order valence-corrected chi connectivity index (χ0v) is 29.9. The molecule has 3 nitrogen and oxygen atoms in total. The van der Waals surface area contributed by atoms with Gasteiger partial charge < -0.3 is 4.57 Å². The van der Waals surface area contributed by atoms with Crippen LogP contribution in [0.2, 0.25) is 0 Å². The summed E-state index contributed by atoms with van der Waals surface area (Å²) in [5.41, 5.74) is 13.1. The molecule has 0 bridgehead atoms. The summed E-state index contributed by atoms with van der Waals surface area (Å²) >= 11 is 0. The van der Waals surface area contributed by atoms with Gasteiger partial charge in [-0.2, -0.15) is 0 Å². The van der Waals surface area contributed by atoms with Crippen LogP contribution in [0, 0.1) is 0 Å². The van der Waals surface area contributed by atoms with Gasteiger partial charge in [-0.15, -0.1) is 0 Å². The summed E-state index contributed by atoms with van der Waals surface area (Å²) in [5, 5.41) is 7.38. The first kappa shape index (κ1) is 31.2. The first-order valence-electron chi connectivity index (χ1n) is 18.7. The molecule has 11 rings (SSSR count).